The number of ether oxygens (including phenoxy) is 1. The van der Waals surface area contributed by atoms with Gasteiger partial charge < -0.3 is 15.4 Å². The summed E-state index contributed by atoms with van der Waals surface area (Å²) >= 11 is 0. The van der Waals surface area contributed by atoms with Crippen LogP contribution in [0.3, 0.4) is 0 Å². The van der Waals surface area contributed by atoms with Crippen molar-refractivity contribution < 1.29 is 14.3 Å². The molecule has 2 amide bonds. The van der Waals surface area contributed by atoms with Gasteiger partial charge in [-0.15, -0.1) is 0 Å². The van der Waals surface area contributed by atoms with Crippen molar-refractivity contribution in [2.75, 3.05) is 20.7 Å². The number of hydrogen-bond acceptors (Lipinski definition) is 3. The van der Waals surface area contributed by atoms with Crippen LogP contribution in [0, 0.1) is 5.41 Å². The summed E-state index contributed by atoms with van der Waals surface area (Å²) in [5, 5.41) is 5.26. The van der Waals surface area contributed by atoms with Crippen LogP contribution in [-0.4, -0.2) is 38.1 Å². The van der Waals surface area contributed by atoms with Gasteiger partial charge in [-0.2, -0.15) is 0 Å². The summed E-state index contributed by atoms with van der Waals surface area (Å²) in [5.41, 5.74) is -1.51. The molecule has 5 nitrogen and oxygen atoms in total. The lowest BCUT2D eigenvalue weighted by molar-refractivity contribution is -0.140. The van der Waals surface area contributed by atoms with Gasteiger partial charge in [-0.1, -0.05) is 0 Å². The molecule has 94 valence electrons. The van der Waals surface area contributed by atoms with Crippen molar-refractivity contribution in [3.05, 3.63) is 0 Å². The zero-order valence-corrected chi connectivity index (χ0v) is 10.9. The van der Waals surface area contributed by atoms with Crippen LogP contribution in [0.25, 0.3) is 0 Å². The van der Waals surface area contributed by atoms with E-state index in [1.807, 2.05) is 0 Å². The Hall–Kier alpha value is -1.10. The summed E-state index contributed by atoms with van der Waals surface area (Å²) in [6.45, 7) is 7.17. The van der Waals surface area contributed by atoms with Crippen molar-refractivity contribution in [3.8, 4) is 0 Å². The first kappa shape index (κ1) is 14.9. The van der Waals surface area contributed by atoms with E-state index in [0.29, 0.717) is 0 Å². The molecule has 16 heavy (non-hydrogen) atoms. The molecule has 5 heteroatoms. The van der Waals surface area contributed by atoms with E-state index in [4.69, 9.17) is 4.74 Å². The van der Waals surface area contributed by atoms with E-state index in [1.54, 1.807) is 34.7 Å². The van der Waals surface area contributed by atoms with Crippen LogP contribution in [0.15, 0.2) is 0 Å². The fraction of sp³-hybridized carbons (Fsp3) is 0.818. The Kier molecular flexibility index (Phi) is 4.93. The molecular formula is C11H22N2O3. The number of carbonyl (C=O) groups is 2. The highest BCUT2D eigenvalue weighted by Gasteiger charge is 2.31. The lowest BCUT2D eigenvalue weighted by Crippen LogP contribution is -2.49. The molecule has 0 aromatic rings. The minimum Gasteiger partial charge on any atom is -0.369 e. The molecule has 0 radical (unpaired) electrons. The summed E-state index contributed by atoms with van der Waals surface area (Å²) in [6, 6.07) is 0. The topological polar surface area (TPSA) is 67.4 Å². The second kappa shape index (κ2) is 5.30. The van der Waals surface area contributed by atoms with Crippen LogP contribution in [0.1, 0.15) is 27.7 Å². The molecule has 0 atom stereocenters. The molecule has 0 aromatic carbocycles. The SMILES string of the molecule is CNC(=O)C(C)(C)CNC(=O)C(C)(C)OC. The van der Waals surface area contributed by atoms with E-state index in [0.717, 1.165) is 0 Å². The molecule has 0 heterocycles. The lowest BCUT2D eigenvalue weighted by atomic mass is 9.92. The molecule has 0 unspecified atom stereocenters. The second-order valence-corrected chi connectivity index (χ2v) is 4.86. The highest BCUT2D eigenvalue weighted by atomic mass is 16.5. The molecular weight excluding hydrogens is 208 g/mol. The van der Waals surface area contributed by atoms with Crippen LogP contribution in [0.4, 0.5) is 0 Å². The normalized spacial score (nSPS) is 12.1. The number of carbonyl (C=O) groups excluding carboxylic acids is 2. The quantitative estimate of drug-likeness (QED) is 0.714. The van der Waals surface area contributed by atoms with Crippen molar-refractivity contribution in [3.63, 3.8) is 0 Å². The Morgan fingerprint density at radius 3 is 2.00 bits per heavy atom. The van der Waals surface area contributed by atoms with E-state index < -0.39 is 11.0 Å². The van der Waals surface area contributed by atoms with Gasteiger partial charge >= 0.3 is 0 Å². The maximum absolute atomic E-state index is 11.7. The van der Waals surface area contributed by atoms with Gasteiger partial charge in [0.15, 0.2) is 0 Å². The Morgan fingerprint density at radius 1 is 1.12 bits per heavy atom. The maximum atomic E-state index is 11.7. The molecule has 0 aliphatic carbocycles. The Labute approximate surface area is 96.9 Å². The zero-order chi connectivity index (χ0) is 13.0. The fourth-order valence-electron chi connectivity index (χ4n) is 1.03. The van der Waals surface area contributed by atoms with E-state index in [2.05, 4.69) is 10.6 Å². The summed E-state index contributed by atoms with van der Waals surface area (Å²) < 4.78 is 5.04. The van der Waals surface area contributed by atoms with Gasteiger partial charge in [0.1, 0.15) is 5.60 Å². The highest BCUT2D eigenvalue weighted by Crippen LogP contribution is 2.14. The summed E-state index contributed by atoms with van der Waals surface area (Å²) in [6.07, 6.45) is 0. The number of rotatable bonds is 5. The molecule has 0 fully saturated rings. The number of nitrogens with one attached hydrogen (secondary N) is 2. The van der Waals surface area contributed by atoms with Crippen molar-refractivity contribution in [2.24, 2.45) is 5.41 Å². The highest BCUT2D eigenvalue weighted by molar-refractivity contribution is 5.86. The average molecular weight is 230 g/mol. The third-order valence-corrected chi connectivity index (χ3v) is 2.59. The van der Waals surface area contributed by atoms with Gasteiger partial charge in [-0.05, 0) is 27.7 Å². The molecule has 0 aliphatic heterocycles. The Bertz CT molecular complexity index is 272. The maximum Gasteiger partial charge on any atom is 0.251 e. The van der Waals surface area contributed by atoms with Crippen LogP contribution >= 0.6 is 0 Å². The molecule has 0 saturated carbocycles. The second-order valence-electron chi connectivity index (χ2n) is 4.86. The lowest BCUT2D eigenvalue weighted by Gasteiger charge is -2.27. The first-order valence-corrected chi connectivity index (χ1v) is 5.23. The standard InChI is InChI=1S/C11H22N2O3/c1-10(2,8(14)12-5)7-13-9(15)11(3,4)16-6/h7H2,1-6H3,(H,12,14)(H,13,15). The van der Waals surface area contributed by atoms with Crippen LogP contribution in [0.5, 0.6) is 0 Å². The first-order chi connectivity index (χ1) is 7.17. The smallest absolute Gasteiger partial charge is 0.251 e. The van der Waals surface area contributed by atoms with E-state index >= 15 is 0 Å². The van der Waals surface area contributed by atoms with Crippen molar-refractivity contribution in [1.29, 1.82) is 0 Å². The molecule has 0 bridgehead atoms. The van der Waals surface area contributed by atoms with Gasteiger partial charge in [0.2, 0.25) is 5.91 Å². The molecule has 2 N–H and O–H groups in total. The summed E-state index contributed by atoms with van der Waals surface area (Å²) in [7, 11) is 3.05. The van der Waals surface area contributed by atoms with E-state index in [1.165, 1.54) is 7.11 Å². The van der Waals surface area contributed by atoms with E-state index in [9.17, 15) is 9.59 Å². The van der Waals surface area contributed by atoms with Gasteiger partial charge in [0.05, 0.1) is 5.41 Å². The zero-order valence-electron chi connectivity index (χ0n) is 10.9. The van der Waals surface area contributed by atoms with Crippen molar-refractivity contribution in [2.45, 2.75) is 33.3 Å². The number of methoxy groups -OCH3 is 1. The molecule has 0 aliphatic rings. The number of amides is 2. The molecule has 0 aromatic heterocycles. The minimum absolute atomic E-state index is 0.108. The van der Waals surface area contributed by atoms with E-state index in [-0.39, 0.29) is 18.4 Å². The monoisotopic (exact) mass is 230 g/mol. The fourth-order valence-corrected chi connectivity index (χ4v) is 1.03. The minimum atomic E-state index is -0.876. The van der Waals surface area contributed by atoms with Gasteiger partial charge in [-0.25, -0.2) is 0 Å². The van der Waals surface area contributed by atoms with Crippen LogP contribution in [0.2, 0.25) is 0 Å². The van der Waals surface area contributed by atoms with Crippen molar-refractivity contribution >= 4 is 11.8 Å². The predicted octanol–water partition coefficient (Wildman–Crippen LogP) is 0.300. The van der Waals surface area contributed by atoms with Crippen LogP contribution < -0.4 is 10.6 Å². The Balaban J connectivity index is 4.36. The summed E-state index contributed by atoms with van der Waals surface area (Å²) in [5.74, 6) is -0.338. The van der Waals surface area contributed by atoms with Crippen LogP contribution in [-0.2, 0) is 14.3 Å². The Morgan fingerprint density at radius 2 is 1.62 bits per heavy atom. The molecule has 0 rings (SSSR count). The third-order valence-electron chi connectivity index (χ3n) is 2.59. The van der Waals surface area contributed by atoms with Gasteiger partial charge in [0, 0.05) is 20.7 Å². The summed E-state index contributed by atoms with van der Waals surface area (Å²) in [4.78, 5) is 23.2. The van der Waals surface area contributed by atoms with Gasteiger partial charge in [0.25, 0.3) is 5.91 Å². The molecule has 0 saturated heterocycles. The largest absolute Gasteiger partial charge is 0.369 e. The first-order valence-electron chi connectivity index (χ1n) is 5.23. The number of hydrogen-bond donors (Lipinski definition) is 2. The average Bonchev–Trinajstić information content (AvgIpc) is 2.24. The predicted molar refractivity (Wildman–Crippen MR) is 61.9 cm³/mol. The van der Waals surface area contributed by atoms with Gasteiger partial charge in [-0.3, -0.25) is 9.59 Å². The van der Waals surface area contributed by atoms with Crippen molar-refractivity contribution in [1.82, 2.24) is 10.6 Å². The third kappa shape index (κ3) is 3.81. The molecule has 0 spiro atoms.